The molecule has 0 N–H and O–H groups in total. The van der Waals surface area contributed by atoms with Crippen LogP contribution in [0.4, 0.5) is 0 Å². The minimum atomic E-state index is -0.389. The van der Waals surface area contributed by atoms with Crippen molar-refractivity contribution in [3.8, 4) is 0 Å². The Balaban J connectivity index is 2.90. The molecule has 0 aliphatic rings. The monoisotopic (exact) mass is 223 g/mol. The molecule has 0 aromatic carbocycles. The maximum Gasteiger partial charge on any atom is 0.307 e. The second-order valence-corrected chi connectivity index (χ2v) is 3.30. The summed E-state index contributed by atoms with van der Waals surface area (Å²) in [6.07, 6.45) is 1.65. The van der Waals surface area contributed by atoms with Crippen LogP contribution in [0.1, 0.15) is 23.7 Å². The van der Waals surface area contributed by atoms with Crippen LogP contribution >= 0.6 is 0 Å². The lowest BCUT2D eigenvalue weighted by molar-refractivity contribution is -0.140. The van der Waals surface area contributed by atoms with Crippen molar-refractivity contribution in [2.45, 2.75) is 19.9 Å². The molecule has 0 atom stereocenters. The highest BCUT2D eigenvalue weighted by Gasteiger charge is 2.08. The third kappa shape index (κ3) is 2.79. The Morgan fingerprint density at radius 1 is 1.44 bits per heavy atom. The molecule has 5 heteroatoms. The molecule has 86 valence electrons. The number of carbonyl (C=O) groups excluding carboxylic acids is 2. The Kier molecular flexibility index (Phi) is 3.99. The molecule has 1 aromatic rings. The van der Waals surface area contributed by atoms with E-state index in [1.165, 1.54) is 30.9 Å². The molecular formula is C11H13NO4. The highest BCUT2D eigenvalue weighted by Crippen LogP contribution is 1.95. The van der Waals surface area contributed by atoms with E-state index in [4.69, 9.17) is 0 Å². The minimum Gasteiger partial charge on any atom is -0.469 e. The first kappa shape index (κ1) is 12.2. The third-order valence-corrected chi connectivity index (χ3v) is 2.18. The number of carbonyl (C=O) groups is 2. The van der Waals surface area contributed by atoms with Gasteiger partial charge in [-0.1, -0.05) is 0 Å². The summed E-state index contributed by atoms with van der Waals surface area (Å²) in [7, 11) is 1.29. The summed E-state index contributed by atoms with van der Waals surface area (Å²) in [5.41, 5.74) is -0.244. The molecule has 0 spiro atoms. The zero-order valence-electron chi connectivity index (χ0n) is 9.23. The smallest absolute Gasteiger partial charge is 0.307 e. The largest absolute Gasteiger partial charge is 0.469 e. The van der Waals surface area contributed by atoms with E-state index in [1.54, 1.807) is 6.07 Å². The Morgan fingerprint density at radius 2 is 2.12 bits per heavy atom. The Bertz CT molecular complexity index is 461. The lowest BCUT2D eigenvalue weighted by atomic mass is 10.2. The maximum atomic E-state index is 11.7. The van der Waals surface area contributed by atoms with Gasteiger partial charge in [0.2, 0.25) is 0 Å². The number of esters is 1. The van der Waals surface area contributed by atoms with Crippen LogP contribution in [-0.2, 0) is 16.1 Å². The van der Waals surface area contributed by atoms with Crippen molar-refractivity contribution < 1.29 is 14.3 Å². The van der Waals surface area contributed by atoms with E-state index in [2.05, 4.69) is 4.74 Å². The highest BCUT2D eigenvalue weighted by atomic mass is 16.5. The van der Waals surface area contributed by atoms with Gasteiger partial charge in [-0.15, -0.1) is 0 Å². The standard InChI is InChI=1S/C11H13NO4/c1-8(13)9-4-3-6-12(11(9)15)7-5-10(14)16-2/h3-4,6H,5,7H2,1-2H3. The highest BCUT2D eigenvalue weighted by molar-refractivity contribution is 5.93. The van der Waals surface area contributed by atoms with Crippen molar-refractivity contribution in [2.24, 2.45) is 0 Å². The summed E-state index contributed by atoms with van der Waals surface area (Å²) in [5, 5.41) is 0. The van der Waals surface area contributed by atoms with Gasteiger partial charge in [0.05, 0.1) is 19.1 Å². The van der Waals surface area contributed by atoms with E-state index in [0.29, 0.717) is 0 Å². The van der Waals surface area contributed by atoms with E-state index in [0.717, 1.165) is 0 Å². The number of pyridine rings is 1. The molecule has 0 unspecified atom stereocenters. The number of hydrogen-bond acceptors (Lipinski definition) is 4. The quantitative estimate of drug-likeness (QED) is 0.554. The van der Waals surface area contributed by atoms with Crippen LogP contribution in [0.15, 0.2) is 23.1 Å². The summed E-state index contributed by atoms with van der Waals surface area (Å²) in [6.45, 7) is 1.55. The maximum absolute atomic E-state index is 11.7. The second kappa shape index (κ2) is 5.25. The van der Waals surface area contributed by atoms with Crippen molar-refractivity contribution in [3.63, 3.8) is 0 Å². The SMILES string of the molecule is COC(=O)CCn1cccc(C(C)=O)c1=O. The predicted octanol–water partition coefficient (Wildman–Crippen LogP) is 0.614. The molecule has 5 nitrogen and oxygen atoms in total. The van der Waals surface area contributed by atoms with E-state index in [1.807, 2.05) is 0 Å². The molecule has 0 saturated carbocycles. The number of ether oxygens (including phenoxy) is 1. The van der Waals surface area contributed by atoms with Gasteiger partial charge < -0.3 is 9.30 Å². The van der Waals surface area contributed by atoms with E-state index >= 15 is 0 Å². The zero-order chi connectivity index (χ0) is 12.1. The van der Waals surface area contributed by atoms with Gasteiger partial charge in [0.1, 0.15) is 0 Å². The van der Waals surface area contributed by atoms with E-state index in [9.17, 15) is 14.4 Å². The molecule has 0 radical (unpaired) electrons. The van der Waals surface area contributed by atoms with Gasteiger partial charge in [-0.25, -0.2) is 0 Å². The Hall–Kier alpha value is -1.91. The average molecular weight is 223 g/mol. The molecule has 0 aliphatic carbocycles. The number of hydrogen-bond donors (Lipinski definition) is 0. The molecule has 1 heterocycles. The second-order valence-electron chi connectivity index (χ2n) is 3.30. The lowest BCUT2D eigenvalue weighted by Gasteiger charge is -2.05. The molecule has 0 bridgehead atoms. The molecule has 1 aromatic heterocycles. The number of aromatic nitrogens is 1. The molecular weight excluding hydrogens is 210 g/mol. The number of rotatable bonds is 4. The summed E-state index contributed by atoms with van der Waals surface area (Å²) in [4.78, 5) is 33.7. The van der Waals surface area contributed by atoms with Crippen LogP contribution in [0.25, 0.3) is 0 Å². The number of ketones is 1. The van der Waals surface area contributed by atoms with Crippen molar-refractivity contribution in [1.29, 1.82) is 0 Å². The summed E-state index contributed by atoms with van der Waals surface area (Å²) in [6, 6.07) is 3.08. The van der Waals surface area contributed by atoms with Crippen LogP contribution in [0.3, 0.4) is 0 Å². The molecule has 0 fully saturated rings. The minimum absolute atomic E-state index is 0.109. The van der Waals surface area contributed by atoms with Crippen LogP contribution in [0.2, 0.25) is 0 Å². The van der Waals surface area contributed by atoms with Crippen molar-refractivity contribution in [1.82, 2.24) is 4.57 Å². The average Bonchev–Trinajstić information content (AvgIpc) is 2.26. The number of nitrogens with zero attached hydrogens (tertiary/aromatic N) is 1. The third-order valence-electron chi connectivity index (χ3n) is 2.18. The molecule has 0 saturated heterocycles. The number of Topliss-reactive ketones (excluding diaryl/α,β-unsaturated/α-hetero) is 1. The summed E-state index contributed by atoms with van der Waals surface area (Å²) >= 11 is 0. The van der Waals surface area contributed by atoms with Crippen LogP contribution in [0, 0.1) is 0 Å². The first-order chi connectivity index (χ1) is 7.56. The summed E-state index contributed by atoms with van der Waals surface area (Å²) in [5.74, 6) is -0.669. The molecule has 0 aliphatic heterocycles. The zero-order valence-corrected chi connectivity index (χ0v) is 9.23. The fourth-order valence-electron chi connectivity index (χ4n) is 1.29. The summed E-state index contributed by atoms with van der Waals surface area (Å²) < 4.78 is 5.80. The van der Waals surface area contributed by atoms with Gasteiger partial charge in [-0.3, -0.25) is 14.4 Å². The lowest BCUT2D eigenvalue weighted by Crippen LogP contribution is -2.25. The molecule has 0 amide bonds. The Labute approximate surface area is 92.6 Å². The van der Waals surface area contributed by atoms with Gasteiger partial charge in [0, 0.05) is 12.7 Å². The first-order valence-corrected chi connectivity index (χ1v) is 4.83. The number of methoxy groups -OCH3 is 1. The van der Waals surface area contributed by atoms with Crippen molar-refractivity contribution in [2.75, 3.05) is 7.11 Å². The Morgan fingerprint density at radius 3 is 2.69 bits per heavy atom. The van der Waals surface area contributed by atoms with Crippen LogP contribution in [-0.4, -0.2) is 23.4 Å². The van der Waals surface area contributed by atoms with Crippen LogP contribution < -0.4 is 5.56 Å². The molecule has 1 rings (SSSR count). The fourth-order valence-corrected chi connectivity index (χ4v) is 1.29. The van der Waals surface area contributed by atoms with Crippen molar-refractivity contribution >= 4 is 11.8 Å². The van der Waals surface area contributed by atoms with Crippen molar-refractivity contribution in [3.05, 3.63) is 34.2 Å². The van der Waals surface area contributed by atoms with Gasteiger partial charge in [0.15, 0.2) is 5.78 Å². The fraction of sp³-hybridized carbons (Fsp3) is 0.364. The first-order valence-electron chi connectivity index (χ1n) is 4.83. The van der Waals surface area contributed by atoms with Gasteiger partial charge in [-0.2, -0.15) is 0 Å². The number of aryl methyl sites for hydroxylation is 1. The normalized spacial score (nSPS) is 9.88. The predicted molar refractivity (Wildman–Crippen MR) is 57.3 cm³/mol. The van der Waals surface area contributed by atoms with Gasteiger partial charge >= 0.3 is 5.97 Å². The van der Waals surface area contributed by atoms with E-state index < -0.39 is 0 Å². The van der Waals surface area contributed by atoms with E-state index in [-0.39, 0.29) is 35.8 Å². The topological polar surface area (TPSA) is 65.4 Å². The van der Waals surface area contributed by atoms with Gasteiger partial charge in [-0.05, 0) is 19.1 Å². The van der Waals surface area contributed by atoms with Gasteiger partial charge in [0.25, 0.3) is 5.56 Å². The van der Waals surface area contributed by atoms with Crippen LogP contribution in [0.5, 0.6) is 0 Å². The molecule has 16 heavy (non-hydrogen) atoms.